The van der Waals surface area contributed by atoms with Gasteiger partial charge in [0.25, 0.3) is 0 Å². The molecule has 20 heavy (non-hydrogen) atoms. The molecule has 3 rings (SSSR count). The lowest BCUT2D eigenvalue weighted by molar-refractivity contribution is 1.06. The van der Waals surface area contributed by atoms with Crippen LogP contribution in [0, 0.1) is 6.92 Å². The molecule has 0 amide bonds. The van der Waals surface area contributed by atoms with E-state index in [2.05, 4.69) is 10.2 Å². The van der Waals surface area contributed by atoms with Gasteiger partial charge >= 0.3 is 0 Å². The van der Waals surface area contributed by atoms with Crippen LogP contribution in [0.3, 0.4) is 0 Å². The van der Waals surface area contributed by atoms with Crippen LogP contribution in [0.15, 0.2) is 48.5 Å². The third kappa shape index (κ3) is 2.30. The van der Waals surface area contributed by atoms with E-state index in [-0.39, 0.29) is 5.28 Å². The number of aromatic nitrogens is 3. The minimum atomic E-state index is 0.288. The van der Waals surface area contributed by atoms with E-state index in [9.17, 15) is 0 Å². The second-order valence-corrected chi connectivity index (χ2v) is 5.19. The first kappa shape index (κ1) is 13.2. The van der Waals surface area contributed by atoms with Crippen molar-refractivity contribution in [3.8, 4) is 17.1 Å². The lowest BCUT2D eigenvalue weighted by Gasteiger charge is -2.10. The fourth-order valence-electron chi connectivity index (χ4n) is 2.05. The number of benzene rings is 2. The zero-order chi connectivity index (χ0) is 14.1. The summed E-state index contributed by atoms with van der Waals surface area (Å²) in [5, 5.41) is 9.01. The quantitative estimate of drug-likeness (QED) is 0.695. The summed E-state index contributed by atoms with van der Waals surface area (Å²) < 4.78 is 1.76. The fraction of sp³-hybridized carbons (Fsp3) is 0.0667. The van der Waals surface area contributed by atoms with Gasteiger partial charge in [-0.2, -0.15) is 0 Å². The summed E-state index contributed by atoms with van der Waals surface area (Å²) in [7, 11) is 0. The summed E-state index contributed by atoms with van der Waals surface area (Å²) in [6, 6.07) is 15.5. The van der Waals surface area contributed by atoms with Gasteiger partial charge in [0.1, 0.15) is 0 Å². The van der Waals surface area contributed by atoms with Gasteiger partial charge in [-0.1, -0.05) is 48.0 Å². The Labute approximate surface area is 126 Å². The summed E-state index contributed by atoms with van der Waals surface area (Å²) in [4.78, 5) is 0. The maximum absolute atomic E-state index is 6.28. The smallest absolute Gasteiger partial charge is 0.229 e. The molecule has 0 aliphatic rings. The van der Waals surface area contributed by atoms with Gasteiger partial charge in [-0.25, -0.2) is 0 Å². The molecule has 3 aromatic rings. The molecule has 0 aliphatic heterocycles. The molecule has 0 bridgehead atoms. The summed E-state index contributed by atoms with van der Waals surface area (Å²) in [6.45, 7) is 2.00. The van der Waals surface area contributed by atoms with Crippen LogP contribution < -0.4 is 0 Å². The normalized spacial score (nSPS) is 10.8. The third-order valence-electron chi connectivity index (χ3n) is 3.00. The number of aryl methyl sites for hydroxylation is 1. The van der Waals surface area contributed by atoms with Crippen LogP contribution in [0.2, 0.25) is 10.3 Å². The van der Waals surface area contributed by atoms with E-state index in [1.54, 1.807) is 4.57 Å². The molecule has 0 saturated carbocycles. The van der Waals surface area contributed by atoms with Crippen molar-refractivity contribution in [1.82, 2.24) is 14.8 Å². The van der Waals surface area contributed by atoms with Crippen LogP contribution >= 0.6 is 23.2 Å². The molecule has 0 aliphatic carbocycles. The van der Waals surface area contributed by atoms with Crippen LogP contribution in [-0.4, -0.2) is 14.8 Å². The second-order valence-electron chi connectivity index (χ2n) is 4.45. The zero-order valence-electron chi connectivity index (χ0n) is 10.7. The van der Waals surface area contributed by atoms with Crippen LogP contribution in [0.1, 0.15) is 5.56 Å². The molecule has 1 heterocycles. The van der Waals surface area contributed by atoms with Crippen molar-refractivity contribution in [2.45, 2.75) is 6.92 Å². The molecule has 2 aromatic carbocycles. The third-order valence-corrected chi connectivity index (χ3v) is 3.56. The van der Waals surface area contributed by atoms with E-state index in [4.69, 9.17) is 23.2 Å². The first-order chi connectivity index (χ1) is 9.66. The first-order valence-electron chi connectivity index (χ1n) is 6.09. The van der Waals surface area contributed by atoms with Gasteiger partial charge in [-0.3, -0.25) is 4.57 Å². The summed E-state index contributed by atoms with van der Waals surface area (Å²) in [5.41, 5.74) is 2.80. The number of halogens is 2. The van der Waals surface area contributed by atoms with Crippen molar-refractivity contribution in [3.05, 3.63) is 64.4 Å². The molecule has 0 radical (unpaired) electrons. The topological polar surface area (TPSA) is 30.7 Å². The Morgan fingerprint density at radius 3 is 2.45 bits per heavy atom. The molecule has 0 spiro atoms. The van der Waals surface area contributed by atoms with Crippen molar-refractivity contribution in [2.24, 2.45) is 0 Å². The largest absolute Gasteiger partial charge is 0.264 e. The van der Waals surface area contributed by atoms with Crippen LogP contribution in [0.5, 0.6) is 0 Å². The molecule has 100 valence electrons. The molecule has 0 N–H and O–H groups in total. The highest BCUT2D eigenvalue weighted by Crippen LogP contribution is 2.29. The Kier molecular flexibility index (Phi) is 3.47. The highest BCUT2D eigenvalue weighted by atomic mass is 35.5. The number of nitrogens with zero attached hydrogens (tertiary/aromatic N) is 3. The van der Waals surface area contributed by atoms with E-state index in [0.717, 1.165) is 16.8 Å². The minimum absolute atomic E-state index is 0.288. The van der Waals surface area contributed by atoms with E-state index < -0.39 is 0 Å². The molecule has 3 nitrogen and oxygen atoms in total. The molecule has 0 unspecified atom stereocenters. The van der Waals surface area contributed by atoms with Gasteiger partial charge < -0.3 is 0 Å². The standard InChI is InChI=1S/C15H11Cl2N3/c1-10-7-8-12(16)13(9-10)20-14(18-19-15(20)17)11-5-3-2-4-6-11/h2-9H,1H3. The SMILES string of the molecule is Cc1ccc(Cl)c(-n2c(Cl)nnc2-c2ccccc2)c1. The van der Waals surface area contributed by atoms with Gasteiger partial charge in [-0.15, -0.1) is 10.2 Å². The van der Waals surface area contributed by atoms with Crippen molar-refractivity contribution < 1.29 is 0 Å². The van der Waals surface area contributed by atoms with Gasteiger partial charge in [0, 0.05) is 5.56 Å². The zero-order valence-corrected chi connectivity index (χ0v) is 12.2. The highest BCUT2D eigenvalue weighted by molar-refractivity contribution is 6.33. The average Bonchev–Trinajstić information content (AvgIpc) is 2.84. The lowest BCUT2D eigenvalue weighted by Crippen LogP contribution is -1.99. The van der Waals surface area contributed by atoms with Crippen LogP contribution in [0.4, 0.5) is 0 Å². The van der Waals surface area contributed by atoms with Crippen molar-refractivity contribution in [3.63, 3.8) is 0 Å². The molecular weight excluding hydrogens is 293 g/mol. The van der Waals surface area contributed by atoms with Crippen molar-refractivity contribution in [2.75, 3.05) is 0 Å². The predicted octanol–water partition coefficient (Wildman–Crippen LogP) is 4.55. The Morgan fingerprint density at radius 1 is 0.950 bits per heavy atom. The number of rotatable bonds is 2. The first-order valence-corrected chi connectivity index (χ1v) is 6.85. The Balaban J connectivity index is 2.24. The van der Waals surface area contributed by atoms with Crippen LogP contribution in [-0.2, 0) is 0 Å². The minimum Gasteiger partial charge on any atom is -0.264 e. The molecule has 5 heteroatoms. The Hall–Kier alpha value is -1.84. The van der Waals surface area contributed by atoms with E-state index >= 15 is 0 Å². The lowest BCUT2D eigenvalue weighted by atomic mass is 10.2. The van der Waals surface area contributed by atoms with Crippen molar-refractivity contribution >= 4 is 23.2 Å². The number of hydrogen-bond acceptors (Lipinski definition) is 2. The van der Waals surface area contributed by atoms with Crippen LogP contribution in [0.25, 0.3) is 17.1 Å². The van der Waals surface area contributed by atoms with Gasteiger partial charge in [0.15, 0.2) is 5.82 Å². The van der Waals surface area contributed by atoms with E-state index in [1.807, 2.05) is 55.5 Å². The molecule has 0 atom stereocenters. The van der Waals surface area contributed by atoms with Gasteiger partial charge in [0.2, 0.25) is 5.28 Å². The van der Waals surface area contributed by atoms with Crippen molar-refractivity contribution in [1.29, 1.82) is 0 Å². The molecular formula is C15H11Cl2N3. The monoisotopic (exact) mass is 303 g/mol. The molecule has 0 saturated heterocycles. The predicted molar refractivity (Wildman–Crippen MR) is 81.6 cm³/mol. The molecule has 1 aromatic heterocycles. The summed E-state index contributed by atoms with van der Waals surface area (Å²) in [5.74, 6) is 0.670. The summed E-state index contributed by atoms with van der Waals surface area (Å²) >= 11 is 12.5. The summed E-state index contributed by atoms with van der Waals surface area (Å²) in [6.07, 6.45) is 0. The molecule has 0 fully saturated rings. The average molecular weight is 304 g/mol. The Bertz CT molecular complexity index is 751. The number of hydrogen-bond donors (Lipinski definition) is 0. The highest BCUT2D eigenvalue weighted by Gasteiger charge is 2.16. The maximum atomic E-state index is 6.28. The second kappa shape index (κ2) is 5.27. The Morgan fingerprint density at radius 2 is 1.70 bits per heavy atom. The maximum Gasteiger partial charge on any atom is 0.229 e. The fourth-order valence-corrected chi connectivity index (χ4v) is 2.46. The van der Waals surface area contributed by atoms with Gasteiger partial charge in [-0.05, 0) is 36.2 Å². The van der Waals surface area contributed by atoms with E-state index in [1.165, 1.54) is 0 Å². The van der Waals surface area contributed by atoms with Gasteiger partial charge in [0.05, 0.1) is 10.7 Å². The van der Waals surface area contributed by atoms with E-state index in [0.29, 0.717) is 10.8 Å².